The quantitative estimate of drug-likeness (QED) is 0.844. The largest absolute Gasteiger partial charge is 0.480 e. The lowest BCUT2D eigenvalue weighted by molar-refractivity contribution is 0.0984. The van der Waals surface area contributed by atoms with E-state index in [1.807, 2.05) is 37.3 Å². The van der Waals surface area contributed by atoms with E-state index in [0.717, 1.165) is 5.69 Å². The van der Waals surface area contributed by atoms with Gasteiger partial charge in [-0.2, -0.15) is 0 Å². The molecule has 0 saturated carbocycles. The molecule has 0 N–H and O–H groups in total. The van der Waals surface area contributed by atoms with Gasteiger partial charge in [0, 0.05) is 18.4 Å². The van der Waals surface area contributed by atoms with E-state index >= 15 is 0 Å². The maximum Gasteiger partial charge on any atom is 0.263 e. The van der Waals surface area contributed by atoms with Crippen molar-refractivity contribution in [3.63, 3.8) is 0 Å². The van der Waals surface area contributed by atoms with Crippen molar-refractivity contribution in [2.45, 2.75) is 6.92 Å². The number of carbonyl (C=O) groups excluding carboxylic acids is 1. The van der Waals surface area contributed by atoms with Crippen LogP contribution in [0.4, 0.5) is 5.69 Å². The number of aromatic nitrogens is 1. The fourth-order valence-corrected chi connectivity index (χ4v) is 1.91. The van der Waals surface area contributed by atoms with Crippen LogP contribution in [-0.2, 0) is 0 Å². The van der Waals surface area contributed by atoms with E-state index in [1.165, 1.54) is 7.11 Å². The highest BCUT2D eigenvalue weighted by molar-refractivity contribution is 6.07. The molecule has 19 heavy (non-hydrogen) atoms. The van der Waals surface area contributed by atoms with Crippen molar-refractivity contribution < 1.29 is 9.53 Å². The molecule has 0 radical (unpaired) electrons. The lowest BCUT2D eigenvalue weighted by Gasteiger charge is -2.21. The Morgan fingerprint density at radius 1 is 1.21 bits per heavy atom. The molecule has 1 heterocycles. The summed E-state index contributed by atoms with van der Waals surface area (Å²) < 4.78 is 5.14. The van der Waals surface area contributed by atoms with Gasteiger partial charge in [0.1, 0.15) is 5.56 Å². The summed E-state index contributed by atoms with van der Waals surface area (Å²) in [7, 11) is 1.51. The van der Waals surface area contributed by atoms with Crippen LogP contribution in [0, 0.1) is 0 Å². The van der Waals surface area contributed by atoms with Gasteiger partial charge in [-0.25, -0.2) is 4.98 Å². The Morgan fingerprint density at radius 3 is 2.58 bits per heavy atom. The van der Waals surface area contributed by atoms with Crippen LogP contribution < -0.4 is 9.64 Å². The molecule has 0 aliphatic heterocycles. The minimum absolute atomic E-state index is 0.112. The van der Waals surface area contributed by atoms with Gasteiger partial charge in [-0.3, -0.25) is 4.79 Å². The zero-order chi connectivity index (χ0) is 13.7. The number of methoxy groups -OCH3 is 1. The first-order valence-electron chi connectivity index (χ1n) is 6.13. The van der Waals surface area contributed by atoms with Gasteiger partial charge >= 0.3 is 0 Å². The van der Waals surface area contributed by atoms with E-state index in [4.69, 9.17) is 4.74 Å². The molecular formula is C15H16N2O2. The number of carbonyl (C=O) groups is 1. The fourth-order valence-electron chi connectivity index (χ4n) is 1.91. The molecule has 0 bridgehead atoms. The first-order valence-corrected chi connectivity index (χ1v) is 6.13. The zero-order valence-electron chi connectivity index (χ0n) is 11.0. The van der Waals surface area contributed by atoms with Gasteiger partial charge in [-0.15, -0.1) is 0 Å². The molecule has 4 nitrogen and oxygen atoms in total. The summed E-state index contributed by atoms with van der Waals surface area (Å²) in [6.07, 6.45) is 1.61. The molecule has 0 aliphatic rings. The van der Waals surface area contributed by atoms with Crippen LogP contribution >= 0.6 is 0 Å². The van der Waals surface area contributed by atoms with Gasteiger partial charge in [0.25, 0.3) is 5.91 Å². The number of pyridine rings is 1. The Labute approximate surface area is 112 Å². The number of benzene rings is 1. The van der Waals surface area contributed by atoms with E-state index in [0.29, 0.717) is 18.0 Å². The van der Waals surface area contributed by atoms with Crippen LogP contribution in [0.15, 0.2) is 48.7 Å². The molecule has 1 amide bonds. The van der Waals surface area contributed by atoms with E-state index in [9.17, 15) is 4.79 Å². The summed E-state index contributed by atoms with van der Waals surface area (Å²) in [5, 5.41) is 0. The monoisotopic (exact) mass is 256 g/mol. The predicted octanol–water partition coefficient (Wildman–Crippen LogP) is 2.76. The molecule has 0 aliphatic carbocycles. The molecule has 4 heteroatoms. The highest BCUT2D eigenvalue weighted by Crippen LogP contribution is 2.20. The Hall–Kier alpha value is -2.36. The summed E-state index contributed by atoms with van der Waals surface area (Å²) in [5.74, 6) is 0.237. The summed E-state index contributed by atoms with van der Waals surface area (Å²) in [4.78, 5) is 18.3. The average Bonchev–Trinajstić information content (AvgIpc) is 2.49. The molecule has 2 aromatic rings. The van der Waals surface area contributed by atoms with Crippen LogP contribution in [0.1, 0.15) is 17.3 Å². The summed E-state index contributed by atoms with van der Waals surface area (Å²) >= 11 is 0. The van der Waals surface area contributed by atoms with Crippen LogP contribution in [-0.4, -0.2) is 24.5 Å². The van der Waals surface area contributed by atoms with Gasteiger partial charge in [-0.1, -0.05) is 18.2 Å². The van der Waals surface area contributed by atoms with Crippen molar-refractivity contribution >= 4 is 11.6 Å². The smallest absolute Gasteiger partial charge is 0.263 e. The molecule has 0 spiro atoms. The third-order valence-electron chi connectivity index (χ3n) is 2.82. The Morgan fingerprint density at radius 2 is 1.95 bits per heavy atom. The highest BCUT2D eigenvalue weighted by Gasteiger charge is 2.20. The Bertz CT molecular complexity index is 555. The van der Waals surface area contributed by atoms with Crippen molar-refractivity contribution in [3.05, 3.63) is 54.2 Å². The van der Waals surface area contributed by atoms with Crippen molar-refractivity contribution in [3.8, 4) is 5.88 Å². The van der Waals surface area contributed by atoms with Crippen LogP contribution in [0.2, 0.25) is 0 Å². The predicted molar refractivity (Wildman–Crippen MR) is 74.6 cm³/mol. The molecule has 1 aromatic heterocycles. The number of nitrogens with zero attached hydrogens (tertiary/aromatic N) is 2. The summed E-state index contributed by atoms with van der Waals surface area (Å²) in [5.41, 5.74) is 1.33. The van der Waals surface area contributed by atoms with Crippen molar-refractivity contribution in [2.24, 2.45) is 0 Å². The van der Waals surface area contributed by atoms with Gasteiger partial charge < -0.3 is 9.64 Å². The molecule has 0 saturated heterocycles. The first kappa shape index (κ1) is 13.1. The maximum absolute atomic E-state index is 12.6. The number of ether oxygens (including phenoxy) is 1. The Balaban J connectivity index is 2.36. The second-order valence-electron chi connectivity index (χ2n) is 3.95. The fraction of sp³-hybridized carbons (Fsp3) is 0.200. The number of hydrogen-bond acceptors (Lipinski definition) is 3. The van der Waals surface area contributed by atoms with Crippen LogP contribution in [0.5, 0.6) is 5.88 Å². The Kier molecular flexibility index (Phi) is 4.13. The molecule has 2 rings (SSSR count). The maximum atomic E-state index is 12.6. The molecule has 1 aromatic carbocycles. The number of amides is 1. The third kappa shape index (κ3) is 2.73. The SMILES string of the molecule is CCN(C(=O)c1cccnc1OC)c1ccccc1. The van der Waals surface area contributed by atoms with Crippen LogP contribution in [0.25, 0.3) is 0 Å². The minimum Gasteiger partial charge on any atom is -0.480 e. The molecule has 0 fully saturated rings. The van der Waals surface area contributed by atoms with E-state index in [1.54, 1.807) is 23.2 Å². The zero-order valence-corrected chi connectivity index (χ0v) is 11.0. The van der Waals surface area contributed by atoms with E-state index in [2.05, 4.69) is 4.98 Å². The minimum atomic E-state index is -0.112. The second kappa shape index (κ2) is 6.00. The lowest BCUT2D eigenvalue weighted by Crippen LogP contribution is -2.31. The standard InChI is InChI=1S/C15H16N2O2/c1-3-17(12-8-5-4-6-9-12)15(18)13-10-7-11-16-14(13)19-2/h4-11H,3H2,1-2H3. The van der Waals surface area contributed by atoms with Crippen LogP contribution in [0.3, 0.4) is 0 Å². The topological polar surface area (TPSA) is 42.4 Å². The van der Waals surface area contributed by atoms with Crippen molar-refractivity contribution in [2.75, 3.05) is 18.6 Å². The molecule has 98 valence electrons. The molecule has 0 atom stereocenters. The highest BCUT2D eigenvalue weighted by atomic mass is 16.5. The van der Waals surface area contributed by atoms with Gasteiger partial charge in [0.05, 0.1) is 7.11 Å². The van der Waals surface area contributed by atoms with Crippen molar-refractivity contribution in [1.82, 2.24) is 4.98 Å². The van der Waals surface area contributed by atoms with E-state index < -0.39 is 0 Å². The molecule has 0 unspecified atom stereocenters. The van der Waals surface area contributed by atoms with Gasteiger partial charge in [-0.05, 0) is 31.2 Å². The van der Waals surface area contributed by atoms with Gasteiger partial charge in [0.2, 0.25) is 5.88 Å². The normalized spacial score (nSPS) is 10.0. The first-order chi connectivity index (χ1) is 9.27. The summed E-state index contributed by atoms with van der Waals surface area (Å²) in [6, 6.07) is 13.0. The number of rotatable bonds is 4. The summed E-state index contributed by atoms with van der Waals surface area (Å²) in [6.45, 7) is 2.52. The molecular weight excluding hydrogens is 240 g/mol. The van der Waals surface area contributed by atoms with Gasteiger partial charge in [0.15, 0.2) is 0 Å². The number of hydrogen-bond donors (Lipinski definition) is 0. The van der Waals surface area contributed by atoms with E-state index in [-0.39, 0.29) is 5.91 Å². The average molecular weight is 256 g/mol. The number of anilines is 1. The lowest BCUT2D eigenvalue weighted by atomic mass is 10.2. The number of para-hydroxylation sites is 1. The third-order valence-corrected chi connectivity index (χ3v) is 2.82. The second-order valence-corrected chi connectivity index (χ2v) is 3.95. The van der Waals surface area contributed by atoms with Crippen molar-refractivity contribution in [1.29, 1.82) is 0 Å².